The van der Waals surface area contributed by atoms with Gasteiger partial charge in [0.1, 0.15) is 11.9 Å². The van der Waals surface area contributed by atoms with E-state index in [1.807, 2.05) is 18.4 Å². The number of ether oxygens (including phenoxy) is 1. The van der Waals surface area contributed by atoms with Gasteiger partial charge in [-0.25, -0.2) is 18.7 Å². The van der Waals surface area contributed by atoms with Gasteiger partial charge in [0.25, 0.3) is 0 Å². The normalized spacial score (nSPS) is 24.7. The molecule has 11 heteroatoms. The molecule has 9 nitrogen and oxygen atoms in total. The number of aromatic nitrogens is 3. The van der Waals surface area contributed by atoms with Crippen LogP contribution in [-0.2, 0) is 11.3 Å². The quantitative estimate of drug-likeness (QED) is 0.458. The third-order valence-corrected chi connectivity index (χ3v) is 6.99. The van der Waals surface area contributed by atoms with E-state index in [1.165, 1.54) is 0 Å². The first-order valence-electron chi connectivity index (χ1n) is 12.5. The lowest BCUT2D eigenvalue weighted by molar-refractivity contribution is -0.0136. The number of nitrogens with one attached hydrogen (secondary N) is 1. The SMILES string of the molecule is CC(C)n1c(CN2C[C@H](O)[C@@H](F)C2)cc(=O)c2ccc(-c3nc(N[C@@H]4CCOC[C@H]4O)ncc3F)cc21. The number of benzene rings is 1. The number of fused-ring (bicyclic) bond motifs is 1. The summed E-state index contributed by atoms with van der Waals surface area (Å²) in [5.41, 5.74) is 1.64. The second-order valence-corrected chi connectivity index (χ2v) is 10.0. The maximum absolute atomic E-state index is 14.9. The van der Waals surface area contributed by atoms with E-state index < -0.39 is 24.2 Å². The lowest BCUT2D eigenvalue weighted by Crippen LogP contribution is -2.42. The summed E-state index contributed by atoms with van der Waals surface area (Å²) in [6.45, 7) is 5.23. The molecule has 2 fully saturated rings. The molecule has 0 bridgehead atoms. The Morgan fingerprint density at radius 1 is 1.22 bits per heavy atom. The zero-order chi connectivity index (χ0) is 26.3. The highest BCUT2D eigenvalue weighted by atomic mass is 19.1. The van der Waals surface area contributed by atoms with Crippen molar-refractivity contribution in [3.63, 3.8) is 0 Å². The first-order valence-corrected chi connectivity index (χ1v) is 12.5. The van der Waals surface area contributed by atoms with Gasteiger partial charge in [-0.2, -0.15) is 0 Å². The van der Waals surface area contributed by atoms with Gasteiger partial charge in [0.15, 0.2) is 11.2 Å². The Morgan fingerprint density at radius 2 is 2.03 bits per heavy atom. The Morgan fingerprint density at radius 3 is 2.73 bits per heavy atom. The van der Waals surface area contributed by atoms with Crippen LogP contribution >= 0.6 is 0 Å². The van der Waals surface area contributed by atoms with Crippen LogP contribution in [0, 0.1) is 5.82 Å². The van der Waals surface area contributed by atoms with Gasteiger partial charge in [-0.3, -0.25) is 9.69 Å². The third kappa shape index (κ3) is 5.22. The number of aliphatic hydroxyl groups is 2. The number of alkyl halides is 1. The predicted molar refractivity (Wildman–Crippen MR) is 135 cm³/mol. The van der Waals surface area contributed by atoms with Crippen molar-refractivity contribution < 1.29 is 23.7 Å². The largest absolute Gasteiger partial charge is 0.389 e. The summed E-state index contributed by atoms with van der Waals surface area (Å²) < 4.78 is 36.1. The molecule has 0 aliphatic carbocycles. The molecule has 198 valence electrons. The molecule has 4 heterocycles. The molecule has 37 heavy (non-hydrogen) atoms. The Hall–Kier alpha value is -2.99. The maximum Gasteiger partial charge on any atom is 0.223 e. The van der Waals surface area contributed by atoms with Gasteiger partial charge in [0, 0.05) is 55.0 Å². The maximum atomic E-state index is 14.9. The highest BCUT2D eigenvalue weighted by Crippen LogP contribution is 2.28. The number of anilines is 1. The standard InChI is InChI=1S/C26H31F2N5O4/c1-14(2)33-16(10-32-11-19(28)23(35)12-32)8-22(34)17-4-3-15(7-21(17)33)25-18(27)9-29-26(31-25)30-20-5-6-37-13-24(20)36/h3-4,7-9,14,19-20,23-24,35-36H,5-6,10-13H2,1-2H3,(H,29,30,31)/t19-,20+,23-,24+/m0/s1. The lowest BCUT2D eigenvalue weighted by Gasteiger charge is -2.28. The van der Waals surface area contributed by atoms with Crippen LogP contribution in [-0.4, -0.2) is 80.4 Å². The van der Waals surface area contributed by atoms with E-state index in [9.17, 15) is 23.8 Å². The molecule has 0 spiro atoms. The highest BCUT2D eigenvalue weighted by Gasteiger charge is 2.32. The molecular formula is C26H31F2N5O4. The predicted octanol–water partition coefficient (Wildman–Crippen LogP) is 2.25. The van der Waals surface area contributed by atoms with Crippen molar-refractivity contribution in [3.05, 3.63) is 52.2 Å². The molecule has 2 aromatic heterocycles. The van der Waals surface area contributed by atoms with Crippen molar-refractivity contribution in [2.75, 3.05) is 31.6 Å². The van der Waals surface area contributed by atoms with Crippen molar-refractivity contribution in [2.45, 2.75) is 57.3 Å². The van der Waals surface area contributed by atoms with Crippen molar-refractivity contribution >= 4 is 16.9 Å². The molecule has 1 aromatic carbocycles. The summed E-state index contributed by atoms with van der Waals surface area (Å²) in [6, 6.07) is 6.22. The smallest absolute Gasteiger partial charge is 0.223 e. The second kappa shape index (κ2) is 10.4. The summed E-state index contributed by atoms with van der Waals surface area (Å²) in [5.74, 6) is -0.433. The monoisotopic (exact) mass is 515 g/mol. The molecule has 2 saturated heterocycles. The van der Waals surface area contributed by atoms with Crippen molar-refractivity contribution in [1.82, 2.24) is 19.4 Å². The number of hydrogen-bond acceptors (Lipinski definition) is 8. The van der Waals surface area contributed by atoms with Crippen LogP contribution in [0.4, 0.5) is 14.7 Å². The van der Waals surface area contributed by atoms with Crippen LogP contribution in [0.2, 0.25) is 0 Å². The molecule has 0 saturated carbocycles. The van der Waals surface area contributed by atoms with E-state index in [0.717, 1.165) is 6.20 Å². The average Bonchev–Trinajstić information content (AvgIpc) is 3.17. The Bertz CT molecular complexity index is 1340. The molecule has 5 rings (SSSR count). The first-order chi connectivity index (χ1) is 17.7. The van der Waals surface area contributed by atoms with Crippen molar-refractivity contribution in [2.24, 2.45) is 0 Å². The number of rotatable bonds is 6. The van der Waals surface area contributed by atoms with E-state index >= 15 is 0 Å². The fourth-order valence-electron chi connectivity index (χ4n) is 5.15. The molecule has 0 amide bonds. The van der Waals surface area contributed by atoms with Gasteiger partial charge in [0.05, 0.1) is 36.6 Å². The summed E-state index contributed by atoms with van der Waals surface area (Å²) >= 11 is 0. The van der Waals surface area contributed by atoms with Crippen molar-refractivity contribution in [1.29, 1.82) is 0 Å². The molecule has 2 aliphatic rings. The molecule has 0 unspecified atom stereocenters. The van der Waals surface area contributed by atoms with Crippen molar-refractivity contribution in [3.8, 4) is 11.3 Å². The number of likely N-dealkylation sites (tertiary alicyclic amines) is 1. The van der Waals surface area contributed by atoms with E-state index in [4.69, 9.17) is 4.74 Å². The summed E-state index contributed by atoms with van der Waals surface area (Å²) in [5, 5.41) is 23.5. The number of β-amino-alcohol motifs (C(OH)–C–C–N with tert-alkyl or cyclic N) is 1. The number of halogens is 2. The summed E-state index contributed by atoms with van der Waals surface area (Å²) in [7, 11) is 0. The molecule has 3 N–H and O–H groups in total. The fraction of sp³-hybridized carbons (Fsp3) is 0.500. The Kier molecular flexibility index (Phi) is 7.21. The van der Waals surface area contributed by atoms with Crippen LogP contribution < -0.4 is 10.7 Å². The van der Waals surface area contributed by atoms with E-state index in [0.29, 0.717) is 41.7 Å². The highest BCUT2D eigenvalue weighted by molar-refractivity contribution is 5.84. The van der Waals surface area contributed by atoms with Crippen LogP contribution in [0.5, 0.6) is 0 Å². The van der Waals surface area contributed by atoms with Crippen LogP contribution in [0.3, 0.4) is 0 Å². The zero-order valence-electron chi connectivity index (χ0n) is 20.8. The van der Waals surface area contributed by atoms with Gasteiger partial charge in [-0.15, -0.1) is 0 Å². The lowest BCUT2D eigenvalue weighted by atomic mass is 10.1. The third-order valence-electron chi connectivity index (χ3n) is 6.99. The van der Waals surface area contributed by atoms with Gasteiger partial charge < -0.3 is 24.8 Å². The minimum absolute atomic E-state index is 0.0514. The van der Waals surface area contributed by atoms with E-state index in [-0.39, 0.29) is 48.9 Å². The molecule has 0 radical (unpaired) electrons. The summed E-state index contributed by atoms with van der Waals surface area (Å²) in [4.78, 5) is 23.2. The van der Waals surface area contributed by atoms with Gasteiger partial charge in [-0.1, -0.05) is 6.07 Å². The Labute approximate surface area is 212 Å². The zero-order valence-corrected chi connectivity index (χ0v) is 20.8. The minimum atomic E-state index is -1.32. The van der Waals surface area contributed by atoms with Gasteiger partial charge in [-0.05, 0) is 32.4 Å². The second-order valence-electron chi connectivity index (χ2n) is 10.0. The average molecular weight is 516 g/mol. The summed E-state index contributed by atoms with van der Waals surface area (Å²) in [6.07, 6.45) is -1.45. The van der Waals surface area contributed by atoms with Crippen LogP contribution in [0.25, 0.3) is 22.2 Å². The molecule has 4 atom stereocenters. The number of hydrogen-bond donors (Lipinski definition) is 3. The topological polar surface area (TPSA) is 113 Å². The minimum Gasteiger partial charge on any atom is -0.389 e. The Balaban J connectivity index is 1.54. The van der Waals surface area contributed by atoms with E-state index in [2.05, 4.69) is 15.3 Å². The molecular weight excluding hydrogens is 484 g/mol. The number of nitrogens with zero attached hydrogens (tertiary/aromatic N) is 4. The van der Waals surface area contributed by atoms with Crippen LogP contribution in [0.1, 0.15) is 32.0 Å². The molecule has 3 aromatic rings. The van der Waals surface area contributed by atoms with Gasteiger partial charge in [0.2, 0.25) is 5.95 Å². The van der Waals surface area contributed by atoms with E-state index in [1.54, 1.807) is 29.2 Å². The number of pyridine rings is 1. The first kappa shape index (κ1) is 25.7. The number of aliphatic hydroxyl groups excluding tert-OH is 2. The van der Waals surface area contributed by atoms with Crippen LogP contribution in [0.15, 0.2) is 35.3 Å². The molecule has 2 aliphatic heterocycles. The fourth-order valence-corrected chi connectivity index (χ4v) is 5.15. The van der Waals surface area contributed by atoms with Gasteiger partial charge >= 0.3 is 0 Å².